The molecule has 0 saturated heterocycles. The number of nitrogens with one attached hydrogen (secondary N) is 6. The molecule has 11 N–H and O–H groups in total. The van der Waals surface area contributed by atoms with E-state index in [0.29, 0.717) is 16.8 Å². The minimum absolute atomic E-state index is 0.0417. The van der Waals surface area contributed by atoms with Crippen molar-refractivity contribution < 1.29 is 82.2 Å². The minimum atomic E-state index is -1.30. The summed E-state index contributed by atoms with van der Waals surface area (Å²) in [6, 6.07) is 16.0. The Morgan fingerprint density at radius 2 is 1.38 bits per heavy atom. The lowest BCUT2D eigenvalue weighted by Crippen LogP contribution is -2.61. The highest BCUT2D eigenvalue weighted by atomic mass is 16.7. The quantitative estimate of drug-likeness (QED) is 0.0130. The number of rotatable bonds is 33. The first-order valence-electron chi connectivity index (χ1n) is 24.5. The molecule has 416 valence electrons. The Morgan fingerprint density at radius 3 is 2.01 bits per heavy atom. The number of nitrogens with two attached hydrogens (primary N) is 1. The van der Waals surface area contributed by atoms with Gasteiger partial charge in [-0.1, -0.05) is 42.5 Å². The second kappa shape index (κ2) is 33.6. The Hall–Kier alpha value is -7.33. The molecule has 1 fully saturated rings. The summed E-state index contributed by atoms with van der Waals surface area (Å²) in [5, 5.41) is 56.9. The predicted molar refractivity (Wildman–Crippen MR) is 269 cm³/mol. The van der Waals surface area contributed by atoms with Crippen LogP contribution in [0.2, 0.25) is 0 Å². The molecule has 26 nitrogen and oxygen atoms in total. The fourth-order valence-corrected chi connectivity index (χ4v) is 7.64. The van der Waals surface area contributed by atoms with Gasteiger partial charge >= 0.3 is 12.2 Å². The van der Waals surface area contributed by atoms with Crippen molar-refractivity contribution in [2.24, 2.45) is 11.7 Å². The Labute approximate surface area is 438 Å². The maximum Gasteiger partial charge on any atom is 0.514 e. The van der Waals surface area contributed by atoms with Crippen molar-refractivity contribution in [3.05, 3.63) is 100 Å². The van der Waals surface area contributed by atoms with Crippen molar-refractivity contribution in [1.82, 2.24) is 26.6 Å². The molecule has 0 heterocycles. The van der Waals surface area contributed by atoms with Gasteiger partial charge in [0.1, 0.15) is 30.5 Å². The molecule has 3 aromatic carbocycles. The number of carbonyl (C=O) groups excluding carboxylic acids is 7. The number of amides is 7. The maximum atomic E-state index is 13.9. The molecular formula is C50H68N8O18. The van der Waals surface area contributed by atoms with Crippen LogP contribution in [0.15, 0.2) is 78.9 Å². The molecule has 1 aliphatic rings. The summed E-state index contributed by atoms with van der Waals surface area (Å²) in [7, 11) is 0. The third kappa shape index (κ3) is 23.1. The second-order valence-corrected chi connectivity index (χ2v) is 17.4. The smallest absolute Gasteiger partial charge is 0.429 e. The molecular weight excluding hydrogens is 1000 g/mol. The second-order valence-electron chi connectivity index (χ2n) is 17.4. The van der Waals surface area contributed by atoms with Crippen molar-refractivity contribution in [2.45, 2.75) is 88.5 Å². The van der Waals surface area contributed by atoms with E-state index in [1.54, 1.807) is 42.5 Å². The number of aliphatic hydroxyl groups excluding tert-OH is 3. The number of primary amides is 1. The molecule has 4 rings (SSSR count). The zero-order valence-electron chi connectivity index (χ0n) is 42.1. The average Bonchev–Trinajstić information content (AvgIpc) is 3.39. The summed E-state index contributed by atoms with van der Waals surface area (Å²) in [4.78, 5) is 98.8. The van der Waals surface area contributed by atoms with Crippen LogP contribution in [0.4, 0.5) is 21.0 Å². The molecule has 0 bridgehead atoms. The summed E-state index contributed by atoms with van der Waals surface area (Å²) in [6.07, 6.45) is -4.07. The summed E-state index contributed by atoms with van der Waals surface area (Å²) in [6.45, 7) is 2.47. The highest BCUT2D eigenvalue weighted by Crippen LogP contribution is 2.28. The van der Waals surface area contributed by atoms with E-state index in [1.807, 2.05) is 0 Å². The molecule has 1 aliphatic carbocycles. The summed E-state index contributed by atoms with van der Waals surface area (Å²) in [5.41, 5.74) is 6.57. The van der Waals surface area contributed by atoms with Gasteiger partial charge in [0, 0.05) is 69.6 Å². The van der Waals surface area contributed by atoms with Gasteiger partial charge in [-0.2, -0.15) is 0 Å². The number of aliphatic hydroxyl groups is 3. The number of carbonyl (C=O) groups is 7. The number of hydrogen-bond donors (Lipinski definition) is 10. The Morgan fingerprint density at radius 1 is 0.737 bits per heavy atom. The van der Waals surface area contributed by atoms with Crippen LogP contribution in [0.1, 0.15) is 50.2 Å². The number of benzene rings is 3. The first-order chi connectivity index (χ1) is 36.5. The number of hydrogen-bond acceptors (Lipinski definition) is 18. The van der Waals surface area contributed by atoms with Gasteiger partial charge < -0.3 is 81.4 Å². The van der Waals surface area contributed by atoms with Gasteiger partial charge in [-0.25, -0.2) is 9.59 Å². The van der Waals surface area contributed by atoms with E-state index >= 15 is 0 Å². The Bertz CT molecular complexity index is 2310. The van der Waals surface area contributed by atoms with Crippen molar-refractivity contribution in [2.75, 3.05) is 71.3 Å². The molecule has 0 radical (unpaired) electrons. The van der Waals surface area contributed by atoms with Gasteiger partial charge in [0.2, 0.25) is 29.5 Å². The Balaban J connectivity index is 1.16. The van der Waals surface area contributed by atoms with Crippen molar-refractivity contribution in [3.63, 3.8) is 0 Å². The molecule has 0 aromatic heterocycles. The lowest BCUT2D eigenvalue weighted by Gasteiger charge is -2.42. The summed E-state index contributed by atoms with van der Waals surface area (Å²) in [5.74, 6) is -3.28. The molecule has 7 unspecified atom stereocenters. The highest BCUT2D eigenvalue weighted by Gasteiger charge is 2.44. The van der Waals surface area contributed by atoms with Crippen molar-refractivity contribution >= 4 is 53.1 Å². The number of nitro benzene ring substituents is 1. The number of non-ortho nitro benzene ring substituents is 1. The number of urea groups is 1. The fourth-order valence-electron chi connectivity index (χ4n) is 7.64. The van der Waals surface area contributed by atoms with E-state index < -0.39 is 89.0 Å². The van der Waals surface area contributed by atoms with Gasteiger partial charge in [0.05, 0.1) is 69.4 Å². The number of nitro groups is 1. The molecule has 76 heavy (non-hydrogen) atoms. The zero-order chi connectivity index (χ0) is 55.2. The standard InChI is InChI=1S/C50H68N8O18/c1-32(60)54-44-41(29-35(30-59)45(63)46(44)64)74-27-26-73-25-24-72-23-22-71-21-20-52-42(61)17-18-43(62)56-40(28-33-6-3-2-4-7-33)48(66)57-39(8-5-19-53-49(51)67)47(65)55-36-11-9-34(10-12-36)31-75-50(68)76-38-15-13-37(14-16-38)58(69)70/h2-4,6-7,9-16,35,39-41,44-46,59,63-64H,5,8,17-31H2,1H3,(H,52,61)(H,54,60)(H,55,65)(H,56,62)(H,57,66)(H3,51,53,67). The van der Waals surface area contributed by atoms with Gasteiger partial charge in [0.15, 0.2) is 0 Å². The molecule has 7 atom stereocenters. The number of anilines is 1. The predicted octanol–water partition coefficient (Wildman–Crippen LogP) is 0.480. The first-order valence-corrected chi connectivity index (χ1v) is 24.5. The molecule has 3 aromatic rings. The fraction of sp³-hybridized carbons (Fsp3) is 0.500. The van der Waals surface area contributed by atoms with E-state index in [2.05, 4.69) is 31.9 Å². The van der Waals surface area contributed by atoms with Gasteiger partial charge in [0.25, 0.3) is 5.69 Å². The van der Waals surface area contributed by atoms with Gasteiger partial charge in [-0.3, -0.25) is 34.1 Å². The van der Waals surface area contributed by atoms with Crippen LogP contribution < -0.4 is 42.4 Å². The van der Waals surface area contributed by atoms with E-state index in [4.69, 9.17) is 34.2 Å². The van der Waals surface area contributed by atoms with E-state index in [9.17, 15) is 59.0 Å². The number of ether oxygens (including phenoxy) is 6. The van der Waals surface area contributed by atoms with E-state index in [0.717, 1.165) is 0 Å². The van der Waals surface area contributed by atoms with Crippen LogP contribution in [-0.2, 0) is 60.7 Å². The Kier molecular flexibility index (Phi) is 27.0. The average molecular weight is 1070 g/mol. The largest absolute Gasteiger partial charge is 0.514 e. The van der Waals surface area contributed by atoms with Gasteiger partial charge in [-0.15, -0.1) is 0 Å². The lowest BCUT2D eigenvalue weighted by atomic mass is 9.79. The van der Waals surface area contributed by atoms with Crippen LogP contribution in [0, 0.1) is 16.0 Å². The summed E-state index contributed by atoms with van der Waals surface area (Å²) < 4.78 is 32.5. The van der Waals surface area contributed by atoms with Crippen LogP contribution in [-0.4, -0.2) is 164 Å². The van der Waals surface area contributed by atoms with Crippen LogP contribution in [0.25, 0.3) is 0 Å². The van der Waals surface area contributed by atoms with Crippen LogP contribution in [0.5, 0.6) is 5.75 Å². The van der Waals surface area contributed by atoms with E-state index in [1.165, 1.54) is 43.3 Å². The van der Waals surface area contributed by atoms with Crippen molar-refractivity contribution in [3.8, 4) is 5.75 Å². The van der Waals surface area contributed by atoms with E-state index in [-0.39, 0.29) is 123 Å². The minimum Gasteiger partial charge on any atom is -0.429 e. The van der Waals surface area contributed by atoms with Crippen molar-refractivity contribution in [1.29, 1.82) is 0 Å². The maximum absolute atomic E-state index is 13.9. The third-order valence-electron chi connectivity index (χ3n) is 11.6. The summed E-state index contributed by atoms with van der Waals surface area (Å²) >= 11 is 0. The van der Waals surface area contributed by atoms with Crippen LogP contribution >= 0.6 is 0 Å². The topological polar surface area (TPSA) is 377 Å². The third-order valence-corrected chi connectivity index (χ3v) is 11.6. The number of nitrogens with zero attached hydrogens (tertiary/aromatic N) is 1. The SMILES string of the molecule is CC(=O)NC1C(OCCOCCOCCOCCNC(=O)CCC(=O)NC(Cc2ccccc2)C(=O)NC(CCCNC(N)=O)C(=O)Nc2ccc(COC(=O)Oc3ccc([N+](=O)[O-])cc3)cc2)CC(CO)C(O)C1O. The van der Waals surface area contributed by atoms with Gasteiger partial charge in [-0.05, 0) is 54.7 Å². The first kappa shape index (κ1) is 61.2. The highest BCUT2D eigenvalue weighted by molar-refractivity contribution is 5.98. The molecule has 7 amide bonds. The molecule has 0 aliphatic heterocycles. The zero-order valence-corrected chi connectivity index (χ0v) is 42.1. The monoisotopic (exact) mass is 1070 g/mol. The molecule has 0 spiro atoms. The lowest BCUT2D eigenvalue weighted by molar-refractivity contribution is -0.384. The van der Waals surface area contributed by atoms with Crippen LogP contribution in [0.3, 0.4) is 0 Å². The molecule has 1 saturated carbocycles. The normalized spacial score (nSPS) is 17.7. The molecule has 26 heteroatoms.